The van der Waals surface area contributed by atoms with Crippen LogP contribution in [0, 0.1) is 44.8 Å². The predicted octanol–water partition coefficient (Wildman–Crippen LogP) is 7.13. The van der Waals surface area contributed by atoms with Crippen LogP contribution in [-0.2, 0) is 16.6 Å². The second-order valence-corrected chi connectivity index (χ2v) is 15.2. The van der Waals surface area contributed by atoms with Crippen LogP contribution in [0.4, 0.5) is 0 Å². The fourth-order valence-electron chi connectivity index (χ4n) is 10.7. The van der Waals surface area contributed by atoms with E-state index < -0.39 is 0 Å². The minimum absolute atomic E-state index is 0.0273. The Morgan fingerprint density at radius 1 is 1.06 bits per heavy atom. The Morgan fingerprint density at radius 2 is 1.78 bits per heavy atom. The molecule has 0 aromatic carbocycles. The molecule has 0 aliphatic heterocycles. The van der Waals surface area contributed by atoms with Gasteiger partial charge in [-0.2, -0.15) is 0 Å². The molecule has 7 atom stereocenters. The van der Waals surface area contributed by atoms with Gasteiger partial charge in [-0.3, -0.25) is 4.79 Å². The fraction of sp³-hybridized carbons (Fsp3) is 0.774. The summed E-state index contributed by atoms with van der Waals surface area (Å²) < 4.78 is 5.80. The van der Waals surface area contributed by atoms with Crippen LogP contribution in [-0.4, -0.2) is 22.4 Å². The summed E-state index contributed by atoms with van der Waals surface area (Å²) in [5.74, 6) is 1.96. The van der Waals surface area contributed by atoms with E-state index >= 15 is 0 Å². The van der Waals surface area contributed by atoms with Crippen molar-refractivity contribution in [1.82, 2.24) is 5.16 Å². The summed E-state index contributed by atoms with van der Waals surface area (Å²) in [5, 5.41) is 17.5. The van der Waals surface area contributed by atoms with E-state index in [4.69, 9.17) is 4.52 Å². The molecule has 196 valence electrons. The SMILES string of the molecule is CC1(C)CC[C@]2(/C=N/O)CC[C@]3(C)[C@H](C(=O)C=C4[C@@]5(C)Cc6cnoc6C(C)(C)[C@@H]5CC[C@]43C)[C@@H]2C1. The van der Waals surface area contributed by atoms with Crippen molar-refractivity contribution in [3.05, 3.63) is 29.2 Å². The zero-order valence-corrected chi connectivity index (χ0v) is 23.3. The van der Waals surface area contributed by atoms with Crippen molar-refractivity contribution < 1.29 is 14.5 Å². The average molecular weight is 493 g/mol. The molecule has 1 N–H and O–H groups in total. The van der Waals surface area contributed by atoms with Crippen LogP contribution in [0.2, 0.25) is 0 Å². The normalized spacial score (nSPS) is 46.7. The van der Waals surface area contributed by atoms with Crippen LogP contribution >= 0.6 is 0 Å². The summed E-state index contributed by atoms with van der Waals surface area (Å²) in [7, 11) is 0. The lowest BCUT2D eigenvalue weighted by Crippen LogP contribution is -2.65. The smallest absolute Gasteiger partial charge is 0.159 e. The molecule has 3 fully saturated rings. The molecule has 0 radical (unpaired) electrons. The average Bonchev–Trinajstić information content (AvgIpc) is 3.25. The van der Waals surface area contributed by atoms with Crippen molar-refractivity contribution in [3.8, 4) is 0 Å². The zero-order chi connectivity index (χ0) is 25.9. The molecule has 5 aliphatic carbocycles. The third-order valence-electron chi connectivity index (χ3n) is 12.7. The highest BCUT2D eigenvalue weighted by atomic mass is 16.5. The van der Waals surface area contributed by atoms with E-state index in [0.29, 0.717) is 11.7 Å². The summed E-state index contributed by atoms with van der Waals surface area (Å²) >= 11 is 0. The van der Waals surface area contributed by atoms with E-state index in [2.05, 4.69) is 64.9 Å². The van der Waals surface area contributed by atoms with Gasteiger partial charge in [0.25, 0.3) is 0 Å². The highest BCUT2D eigenvalue weighted by molar-refractivity contribution is 5.96. The number of oxime groups is 1. The lowest BCUT2D eigenvalue weighted by atomic mass is 9.34. The predicted molar refractivity (Wildman–Crippen MR) is 140 cm³/mol. The molecular weight excluding hydrogens is 448 g/mol. The standard InChI is InChI=1S/C31H44N2O3/c1-26(2)10-12-31(18-32-35)13-11-30(7)24(20(31)16-26)21(34)14-23-28(5)15-19-17-33-36-25(19)27(3,4)22(28)8-9-29(23,30)6/h14,17-18,20,22,24,35H,8-13,15-16H2,1-7H3/b32-18+/t20-,22-,24-,28-,29+,30+,31+/m0/s1. The number of ketones is 1. The lowest BCUT2D eigenvalue weighted by Gasteiger charge is -2.69. The highest BCUT2D eigenvalue weighted by Gasteiger charge is 2.69. The molecule has 36 heavy (non-hydrogen) atoms. The van der Waals surface area contributed by atoms with Crippen LogP contribution in [0.15, 0.2) is 27.5 Å². The number of fused-ring (bicyclic) bond motifs is 8. The van der Waals surface area contributed by atoms with Crippen molar-refractivity contribution in [2.24, 2.45) is 50.0 Å². The Kier molecular flexibility index (Phi) is 4.84. The second kappa shape index (κ2) is 7.14. The Balaban J connectivity index is 1.51. The van der Waals surface area contributed by atoms with Crippen LogP contribution in [0.25, 0.3) is 0 Å². The van der Waals surface area contributed by atoms with Gasteiger partial charge in [-0.15, -0.1) is 5.16 Å². The topological polar surface area (TPSA) is 75.7 Å². The number of hydrogen-bond acceptors (Lipinski definition) is 5. The molecule has 0 bridgehead atoms. The van der Waals surface area contributed by atoms with Crippen LogP contribution in [0.5, 0.6) is 0 Å². The van der Waals surface area contributed by atoms with Crippen molar-refractivity contribution in [2.75, 3.05) is 0 Å². The Bertz CT molecular complexity index is 1180. The minimum atomic E-state index is -0.170. The van der Waals surface area contributed by atoms with Gasteiger partial charge in [-0.1, -0.05) is 59.2 Å². The van der Waals surface area contributed by atoms with E-state index in [1.807, 2.05) is 12.4 Å². The summed E-state index contributed by atoms with van der Waals surface area (Å²) in [5.41, 5.74) is 2.27. The van der Waals surface area contributed by atoms with E-state index in [1.165, 1.54) is 11.1 Å². The quantitative estimate of drug-likeness (QED) is 0.257. The van der Waals surface area contributed by atoms with Gasteiger partial charge in [0.2, 0.25) is 0 Å². The number of carbonyl (C=O) groups is 1. The van der Waals surface area contributed by atoms with Gasteiger partial charge in [0.1, 0.15) is 5.76 Å². The molecule has 5 heteroatoms. The molecule has 0 unspecified atom stereocenters. The van der Waals surface area contributed by atoms with Gasteiger partial charge in [0.05, 0.1) is 12.4 Å². The number of allylic oxidation sites excluding steroid dienone is 2. The fourth-order valence-corrected chi connectivity index (χ4v) is 10.7. The van der Waals surface area contributed by atoms with Crippen molar-refractivity contribution >= 4 is 12.0 Å². The zero-order valence-electron chi connectivity index (χ0n) is 23.3. The Labute approximate surface area is 216 Å². The molecule has 5 nitrogen and oxygen atoms in total. The first-order chi connectivity index (χ1) is 16.7. The number of carbonyl (C=O) groups excluding carboxylic acids is 1. The largest absolute Gasteiger partial charge is 0.411 e. The van der Waals surface area contributed by atoms with Gasteiger partial charge >= 0.3 is 0 Å². The second-order valence-electron chi connectivity index (χ2n) is 15.2. The van der Waals surface area contributed by atoms with Crippen molar-refractivity contribution in [1.29, 1.82) is 0 Å². The van der Waals surface area contributed by atoms with Gasteiger partial charge in [0.15, 0.2) is 5.78 Å². The highest BCUT2D eigenvalue weighted by Crippen LogP contribution is 2.74. The summed E-state index contributed by atoms with van der Waals surface area (Å²) in [6.45, 7) is 16.7. The summed E-state index contributed by atoms with van der Waals surface area (Å²) in [6.07, 6.45) is 14.1. The summed E-state index contributed by atoms with van der Waals surface area (Å²) in [4.78, 5) is 14.4. The van der Waals surface area contributed by atoms with E-state index in [9.17, 15) is 10.0 Å². The third-order valence-corrected chi connectivity index (χ3v) is 12.7. The maximum atomic E-state index is 14.4. The Morgan fingerprint density at radius 3 is 2.50 bits per heavy atom. The molecule has 0 amide bonds. The molecule has 1 heterocycles. The number of aromatic nitrogens is 1. The first kappa shape index (κ1) is 24.4. The Hall–Kier alpha value is -1.91. The molecule has 3 saturated carbocycles. The van der Waals surface area contributed by atoms with Gasteiger partial charge in [0, 0.05) is 22.3 Å². The molecule has 6 rings (SSSR count). The van der Waals surface area contributed by atoms with Crippen LogP contribution in [0.3, 0.4) is 0 Å². The van der Waals surface area contributed by atoms with Gasteiger partial charge in [-0.25, -0.2) is 0 Å². The third kappa shape index (κ3) is 2.81. The van der Waals surface area contributed by atoms with E-state index in [0.717, 1.165) is 57.1 Å². The lowest BCUT2D eigenvalue weighted by molar-refractivity contribution is -0.161. The number of nitrogens with zero attached hydrogens (tertiary/aromatic N) is 2. The van der Waals surface area contributed by atoms with E-state index in [1.54, 1.807) is 0 Å². The molecule has 0 saturated heterocycles. The maximum Gasteiger partial charge on any atom is 0.159 e. The first-order valence-corrected chi connectivity index (χ1v) is 14.1. The molecule has 0 spiro atoms. The van der Waals surface area contributed by atoms with Crippen LogP contribution in [0.1, 0.15) is 105 Å². The maximum absolute atomic E-state index is 14.4. The van der Waals surface area contributed by atoms with Crippen LogP contribution < -0.4 is 0 Å². The van der Waals surface area contributed by atoms with Gasteiger partial charge < -0.3 is 9.73 Å². The van der Waals surface area contributed by atoms with Gasteiger partial charge in [-0.05, 0) is 90.9 Å². The monoisotopic (exact) mass is 492 g/mol. The molecule has 5 aliphatic rings. The number of hydrogen-bond donors (Lipinski definition) is 1. The first-order valence-electron chi connectivity index (χ1n) is 14.1. The number of rotatable bonds is 1. The minimum Gasteiger partial charge on any atom is -0.411 e. The molecular formula is C31H44N2O3. The van der Waals surface area contributed by atoms with Crippen molar-refractivity contribution in [2.45, 2.75) is 105 Å². The molecule has 1 aromatic rings. The van der Waals surface area contributed by atoms with Crippen molar-refractivity contribution in [3.63, 3.8) is 0 Å². The van der Waals surface area contributed by atoms with E-state index in [-0.39, 0.29) is 44.3 Å². The molecule has 1 aromatic heterocycles. The summed E-state index contributed by atoms with van der Waals surface area (Å²) in [6, 6.07) is 0.